The molecule has 1 aromatic carbocycles. The van der Waals surface area contributed by atoms with Gasteiger partial charge in [0, 0.05) is 4.88 Å². The number of ether oxygens (including phenoxy) is 3. The summed E-state index contributed by atoms with van der Waals surface area (Å²) < 4.78 is 18.4. The lowest BCUT2D eigenvalue weighted by atomic mass is 9.96. The van der Waals surface area contributed by atoms with Crippen LogP contribution in [0.25, 0.3) is 0 Å². The Hall–Kier alpha value is -2.74. The van der Waals surface area contributed by atoms with Gasteiger partial charge in [0.2, 0.25) is 11.7 Å². The summed E-state index contributed by atoms with van der Waals surface area (Å²) in [6.45, 7) is 0. The van der Waals surface area contributed by atoms with E-state index in [2.05, 4.69) is 32.9 Å². The zero-order valence-corrected chi connectivity index (χ0v) is 15.6. The van der Waals surface area contributed by atoms with Gasteiger partial charge in [-0.05, 0) is 35.6 Å². The second-order valence-electron chi connectivity index (χ2n) is 5.95. The average molecular weight is 372 g/mol. The summed E-state index contributed by atoms with van der Waals surface area (Å²) in [6, 6.07) is 8.35. The van der Waals surface area contributed by atoms with E-state index in [1.165, 1.54) is 4.88 Å². The summed E-state index contributed by atoms with van der Waals surface area (Å²) in [5.74, 6) is 2.61. The van der Waals surface area contributed by atoms with E-state index in [1.807, 2.05) is 16.8 Å². The minimum atomic E-state index is 0.00885. The molecule has 7 nitrogen and oxygen atoms in total. The molecule has 0 saturated heterocycles. The Morgan fingerprint density at radius 3 is 2.54 bits per heavy atom. The van der Waals surface area contributed by atoms with Gasteiger partial charge in [0.1, 0.15) is 6.33 Å². The van der Waals surface area contributed by atoms with E-state index in [0.29, 0.717) is 17.2 Å². The number of nitrogens with one attached hydrogen (secondary N) is 1. The van der Waals surface area contributed by atoms with E-state index < -0.39 is 0 Å². The summed E-state index contributed by atoms with van der Waals surface area (Å²) in [4.78, 5) is 5.64. The molecule has 0 bridgehead atoms. The molecular formula is C18H20N4O3S. The molecule has 0 fully saturated rings. The highest BCUT2D eigenvalue weighted by molar-refractivity contribution is 7.10. The van der Waals surface area contributed by atoms with Gasteiger partial charge >= 0.3 is 0 Å². The van der Waals surface area contributed by atoms with Crippen LogP contribution in [0.4, 0.5) is 5.95 Å². The number of methoxy groups -OCH3 is 3. The highest BCUT2D eigenvalue weighted by atomic mass is 32.1. The van der Waals surface area contributed by atoms with Crippen LogP contribution in [0.2, 0.25) is 0 Å². The van der Waals surface area contributed by atoms with Gasteiger partial charge in [-0.15, -0.1) is 11.3 Å². The van der Waals surface area contributed by atoms with Crippen LogP contribution >= 0.6 is 11.3 Å². The van der Waals surface area contributed by atoms with Crippen molar-refractivity contribution in [3.63, 3.8) is 0 Å². The number of benzene rings is 1. The molecule has 8 heteroatoms. The van der Waals surface area contributed by atoms with Crippen LogP contribution in [0.1, 0.15) is 28.9 Å². The third-order valence-electron chi connectivity index (χ3n) is 4.59. The summed E-state index contributed by atoms with van der Waals surface area (Å²) in [5.41, 5.74) is 1.04. The zero-order valence-electron chi connectivity index (χ0n) is 14.8. The third kappa shape index (κ3) is 2.76. The Labute approximate surface area is 155 Å². The van der Waals surface area contributed by atoms with Gasteiger partial charge in [-0.2, -0.15) is 10.1 Å². The van der Waals surface area contributed by atoms with Gasteiger partial charge in [-0.1, -0.05) is 6.07 Å². The highest BCUT2D eigenvalue weighted by Crippen LogP contribution is 2.44. The molecule has 4 rings (SSSR count). The van der Waals surface area contributed by atoms with Crippen LogP contribution in [-0.2, 0) is 0 Å². The summed E-state index contributed by atoms with van der Waals surface area (Å²) in [7, 11) is 4.85. The van der Waals surface area contributed by atoms with E-state index >= 15 is 0 Å². The minimum absolute atomic E-state index is 0.00885. The fraction of sp³-hybridized carbons (Fsp3) is 0.333. The van der Waals surface area contributed by atoms with Crippen LogP contribution in [-0.4, -0.2) is 36.1 Å². The van der Waals surface area contributed by atoms with Gasteiger partial charge in [0.05, 0.1) is 33.4 Å². The van der Waals surface area contributed by atoms with Crippen LogP contribution in [0.5, 0.6) is 17.2 Å². The standard InChI is InChI=1S/C18H20N4O3S/c1-23-14-7-11(8-15(24-2)17(14)25-3)13-9-12(16-5-4-6-26-16)21-18-19-10-20-22(13)18/h4-8,10,12-13H,9H2,1-3H3,(H,19,20,21). The van der Waals surface area contributed by atoms with Crippen LogP contribution in [0.15, 0.2) is 36.0 Å². The molecule has 3 aromatic rings. The lowest BCUT2D eigenvalue weighted by Crippen LogP contribution is -2.27. The highest BCUT2D eigenvalue weighted by Gasteiger charge is 2.31. The summed E-state index contributed by atoms with van der Waals surface area (Å²) in [6.07, 6.45) is 2.42. The van der Waals surface area contributed by atoms with Crippen LogP contribution in [0, 0.1) is 0 Å². The van der Waals surface area contributed by atoms with Crippen molar-refractivity contribution in [1.29, 1.82) is 0 Å². The van der Waals surface area contributed by atoms with Crippen molar-refractivity contribution in [2.45, 2.75) is 18.5 Å². The van der Waals surface area contributed by atoms with Crippen molar-refractivity contribution in [3.05, 3.63) is 46.4 Å². The van der Waals surface area contributed by atoms with Crippen molar-refractivity contribution < 1.29 is 14.2 Å². The number of nitrogens with zero attached hydrogens (tertiary/aromatic N) is 3. The second-order valence-corrected chi connectivity index (χ2v) is 6.93. The lowest BCUT2D eigenvalue weighted by Gasteiger charge is -2.31. The van der Waals surface area contributed by atoms with Crippen molar-refractivity contribution in [3.8, 4) is 17.2 Å². The van der Waals surface area contributed by atoms with E-state index in [4.69, 9.17) is 14.2 Å². The molecule has 2 unspecified atom stereocenters. The number of anilines is 1. The van der Waals surface area contributed by atoms with Crippen molar-refractivity contribution in [2.75, 3.05) is 26.6 Å². The number of thiophene rings is 1. The van der Waals surface area contributed by atoms with E-state index in [0.717, 1.165) is 17.9 Å². The molecule has 136 valence electrons. The van der Waals surface area contributed by atoms with E-state index in [-0.39, 0.29) is 12.1 Å². The van der Waals surface area contributed by atoms with E-state index in [9.17, 15) is 0 Å². The Morgan fingerprint density at radius 2 is 1.92 bits per heavy atom. The molecule has 0 spiro atoms. The second kappa shape index (κ2) is 6.87. The Kier molecular flexibility index (Phi) is 4.42. The Morgan fingerprint density at radius 1 is 1.15 bits per heavy atom. The number of hydrogen-bond acceptors (Lipinski definition) is 7. The first-order chi connectivity index (χ1) is 12.7. The van der Waals surface area contributed by atoms with Crippen molar-refractivity contribution in [2.24, 2.45) is 0 Å². The maximum atomic E-state index is 5.51. The molecule has 1 aliphatic rings. The molecule has 0 saturated carbocycles. The maximum absolute atomic E-state index is 5.51. The first-order valence-electron chi connectivity index (χ1n) is 8.24. The minimum Gasteiger partial charge on any atom is -0.493 e. The number of fused-ring (bicyclic) bond motifs is 1. The molecule has 2 aromatic heterocycles. The number of hydrogen-bond donors (Lipinski definition) is 1. The van der Waals surface area contributed by atoms with E-state index in [1.54, 1.807) is 39.0 Å². The molecular weight excluding hydrogens is 352 g/mol. The molecule has 1 N–H and O–H groups in total. The van der Waals surface area contributed by atoms with Crippen molar-refractivity contribution in [1.82, 2.24) is 14.8 Å². The monoisotopic (exact) mass is 372 g/mol. The van der Waals surface area contributed by atoms with Gasteiger partial charge in [0.15, 0.2) is 11.5 Å². The number of rotatable bonds is 5. The van der Waals surface area contributed by atoms with Crippen LogP contribution in [0.3, 0.4) is 0 Å². The maximum Gasteiger partial charge on any atom is 0.222 e. The third-order valence-corrected chi connectivity index (χ3v) is 5.58. The largest absolute Gasteiger partial charge is 0.493 e. The molecule has 2 atom stereocenters. The Balaban J connectivity index is 1.79. The van der Waals surface area contributed by atoms with Crippen LogP contribution < -0.4 is 19.5 Å². The van der Waals surface area contributed by atoms with Gasteiger partial charge in [-0.25, -0.2) is 4.68 Å². The zero-order chi connectivity index (χ0) is 18.1. The van der Waals surface area contributed by atoms with Gasteiger partial charge in [-0.3, -0.25) is 0 Å². The topological polar surface area (TPSA) is 70.4 Å². The lowest BCUT2D eigenvalue weighted by molar-refractivity contribution is 0.322. The van der Waals surface area contributed by atoms with Gasteiger partial charge in [0.25, 0.3) is 0 Å². The molecule has 0 radical (unpaired) electrons. The average Bonchev–Trinajstić information content (AvgIpc) is 3.37. The summed E-state index contributed by atoms with van der Waals surface area (Å²) in [5, 5.41) is 9.98. The molecule has 1 aliphatic heterocycles. The summed E-state index contributed by atoms with van der Waals surface area (Å²) >= 11 is 1.74. The van der Waals surface area contributed by atoms with Gasteiger partial charge < -0.3 is 19.5 Å². The number of aromatic nitrogens is 3. The smallest absolute Gasteiger partial charge is 0.222 e. The molecule has 26 heavy (non-hydrogen) atoms. The normalized spacial score (nSPS) is 18.7. The predicted molar refractivity (Wildman–Crippen MR) is 99.6 cm³/mol. The first-order valence-corrected chi connectivity index (χ1v) is 9.12. The van der Waals surface area contributed by atoms with Crippen molar-refractivity contribution >= 4 is 17.3 Å². The Bertz CT molecular complexity index is 869. The fourth-order valence-corrected chi connectivity index (χ4v) is 4.16. The SMILES string of the molecule is COc1cc(C2CC(c3cccs3)Nc3ncnn32)cc(OC)c1OC. The predicted octanol–water partition coefficient (Wildman–Crippen LogP) is 3.51. The molecule has 0 amide bonds. The quantitative estimate of drug-likeness (QED) is 0.739. The first kappa shape index (κ1) is 16.7. The fourth-order valence-electron chi connectivity index (χ4n) is 3.37. The molecule has 3 heterocycles. The molecule has 0 aliphatic carbocycles.